The van der Waals surface area contributed by atoms with Crippen LogP contribution in [0.25, 0.3) is 92.4 Å². The molecule has 0 bridgehead atoms. The Hall–Kier alpha value is -4.20. The van der Waals surface area contributed by atoms with Crippen LogP contribution in [0.3, 0.4) is 0 Å². The normalized spacial score (nSPS) is 12.3. The first kappa shape index (κ1) is 23.4. The quantitative estimate of drug-likeness (QED) is 0.196. The van der Waals surface area contributed by atoms with Crippen LogP contribution >= 0.6 is 45.3 Å². The molecular weight excluding hydrogens is 589 g/mol. The van der Waals surface area contributed by atoms with Crippen molar-refractivity contribution in [3.8, 4) is 21.1 Å². The van der Waals surface area contributed by atoms with Gasteiger partial charge in [0.2, 0.25) is 0 Å². The summed E-state index contributed by atoms with van der Waals surface area (Å²) in [5.41, 5.74) is 2.09. The maximum absolute atomic E-state index is 4.78. The van der Waals surface area contributed by atoms with Crippen LogP contribution in [-0.4, -0.2) is 9.97 Å². The van der Waals surface area contributed by atoms with Crippen molar-refractivity contribution >= 4 is 117 Å². The van der Waals surface area contributed by atoms with Crippen molar-refractivity contribution < 1.29 is 0 Å². The number of benzene rings is 4. The van der Waals surface area contributed by atoms with E-state index in [1.165, 1.54) is 81.0 Å². The third-order valence-corrected chi connectivity index (χ3v) is 12.9. The highest BCUT2D eigenvalue weighted by atomic mass is 32.1. The van der Waals surface area contributed by atoms with Crippen LogP contribution in [0, 0.1) is 0 Å². The highest BCUT2D eigenvalue weighted by Crippen LogP contribution is 2.48. The van der Waals surface area contributed by atoms with E-state index in [1.807, 2.05) is 57.7 Å². The summed E-state index contributed by atoms with van der Waals surface area (Å²) in [5.74, 6) is 0. The van der Waals surface area contributed by atoms with E-state index < -0.39 is 0 Å². The van der Waals surface area contributed by atoms with Gasteiger partial charge in [-0.2, -0.15) is 0 Å². The van der Waals surface area contributed by atoms with Crippen molar-refractivity contribution in [2.45, 2.75) is 0 Å². The molecule has 0 atom stereocenters. The van der Waals surface area contributed by atoms with Gasteiger partial charge in [0.05, 0.1) is 30.5 Å². The summed E-state index contributed by atoms with van der Waals surface area (Å²) in [4.78, 5) is 12.0. The Kier molecular flexibility index (Phi) is 4.82. The molecule has 6 heterocycles. The molecule has 0 saturated carbocycles. The summed E-state index contributed by atoms with van der Waals surface area (Å²) in [6.07, 6.45) is 3.97. The minimum absolute atomic E-state index is 1.04. The van der Waals surface area contributed by atoms with Gasteiger partial charge < -0.3 is 0 Å². The molecule has 0 N–H and O–H groups in total. The van der Waals surface area contributed by atoms with E-state index >= 15 is 0 Å². The van der Waals surface area contributed by atoms with E-state index in [-0.39, 0.29) is 0 Å². The largest absolute Gasteiger partial charge is 0.255 e. The maximum atomic E-state index is 4.78. The number of nitrogens with zero attached hydrogens (tertiary/aromatic N) is 2. The predicted octanol–water partition coefficient (Wildman–Crippen LogP) is 12.1. The summed E-state index contributed by atoms with van der Waals surface area (Å²) in [6, 6.07) is 35.5. The zero-order valence-corrected chi connectivity index (χ0v) is 25.2. The summed E-state index contributed by atoms with van der Waals surface area (Å²) >= 11 is 7.52. The molecule has 10 aromatic rings. The van der Waals surface area contributed by atoms with E-state index in [9.17, 15) is 0 Å². The molecule has 6 aromatic heterocycles. The first-order valence-corrected chi connectivity index (χ1v) is 17.0. The van der Waals surface area contributed by atoms with Crippen LogP contribution in [0.4, 0.5) is 0 Å². The number of pyridine rings is 2. The summed E-state index contributed by atoms with van der Waals surface area (Å²) in [7, 11) is 0. The number of fused-ring (bicyclic) bond motifs is 9. The predicted molar refractivity (Wildman–Crippen MR) is 187 cm³/mol. The van der Waals surface area contributed by atoms with E-state index in [0.717, 1.165) is 11.4 Å². The van der Waals surface area contributed by atoms with Gasteiger partial charge in [0, 0.05) is 52.7 Å². The fraction of sp³-hybridized carbons (Fsp3) is 0. The average molecular weight is 607 g/mol. The molecule has 0 aliphatic carbocycles. The molecule has 42 heavy (non-hydrogen) atoms. The molecule has 10 rings (SSSR count). The molecule has 6 heteroatoms. The second-order valence-corrected chi connectivity index (χ2v) is 15.0. The molecule has 0 aliphatic rings. The Morgan fingerprint density at radius 2 is 0.833 bits per heavy atom. The fourth-order valence-corrected chi connectivity index (χ4v) is 10.9. The molecule has 0 spiro atoms. The summed E-state index contributed by atoms with van der Waals surface area (Å²) < 4.78 is 8.15. The van der Waals surface area contributed by atoms with Crippen LogP contribution in [0.15, 0.2) is 109 Å². The Labute approximate surface area is 255 Å². The lowest BCUT2D eigenvalue weighted by atomic mass is 10.1. The van der Waals surface area contributed by atoms with Gasteiger partial charge in [-0.05, 0) is 70.1 Å². The van der Waals surface area contributed by atoms with Gasteiger partial charge in [-0.3, -0.25) is 9.97 Å². The van der Waals surface area contributed by atoms with Gasteiger partial charge in [-0.15, -0.1) is 45.3 Å². The minimum atomic E-state index is 1.04. The lowest BCUT2D eigenvalue weighted by molar-refractivity contribution is 1.37. The Bertz CT molecular complexity index is 2520. The zero-order valence-electron chi connectivity index (χ0n) is 21.9. The monoisotopic (exact) mass is 606 g/mol. The molecule has 4 aromatic carbocycles. The number of rotatable bonds is 2. The number of hydrogen-bond donors (Lipinski definition) is 0. The molecule has 0 amide bonds. The fourth-order valence-electron chi connectivity index (χ4n) is 6.02. The number of hydrogen-bond acceptors (Lipinski definition) is 6. The topological polar surface area (TPSA) is 25.8 Å². The van der Waals surface area contributed by atoms with Gasteiger partial charge in [-0.1, -0.05) is 48.5 Å². The first-order chi connectivity index (χ1) is 20.7. The Morgan fingerprint density at radius 3 is 1.31 bits per heavy atom. The lowest BCUT2D eigenvalue weighted by Gasteiger charge is -2.00. The number of thiophene rings is 4. The average Bonchev–Trinajstić information content (AvgIpc) is 3.80. The summed E-state index contributed by atoms with van der Waals surface area (Å²) in [6.45, 7) is 0. The lowest BCUT2D eigenvalue weighted by Crippen LogP contribution is -1.80. The van der Waals surface area contributed by atoms with Crippen molar-refractivity contribution in [3.05, 3.63) is 109 Å². The van der Waals surface area contributed by atoms with E-state index in [4.69, 9.17) is 9.97 Å². The second-order valence-electron chi connectivity index (χ2n) is 10.7. The van der Waals surface area contributed by atoms with Crippen LogP contribution in [-0.2, 0) is 0 Å². The van der Waals surface area contributed by atoms with Crippen LogP contribution < -0.4 is 0 Å². The van der Waals surface area contributed by atoms with Gasteiger partial charge >= 0.3 is 0 Å². The molecule has 0 aliphatic heterocycles. The van der Waals surface area contributed by atoms with Crippen molar-refractivity contribution in [1.29, 1.82) is 0 Å². The van der Waals surface area contributed by atoms with Crippen LogP contribution in [0.2, 0.25) is 0 Å². The maximum Gasteiger partial charge on any atom is 0.0808 e. The SMILES string of the molecule is c1ccc2cc(-c3cc4cc5c(cc4s3)sc3c4cc6cc(-c7cc8ccccc8cn7)sc6cc4sc53)ncc2c1. The number of aromatic nitrogens is 2. The highest BCUT2D eigenvalue weighted by molar-refractivity contribution is 7.37. The second kappa shape index (κ2) is 8.66. The van der Waals surface area contributed by atoms with E-state index in [2.05, 4.69) is 97.1 Å². The van der Waals surface area contributed by atoms with E-state index in [0.29, 0.717) is 0 Å². The Morgan fingerprint density at radius 1 is 0.381 bits per heavy atom. The van der Waals surface area contributed by atoms with Crippen molar-refractivity contribution in [3.63, 3.8) is 0 Å². The summed E-state index contributed by atoms with van der Waals surface area (Å²) in [5, 5.41) is 10.1. The molecule has 0 radical (unpaired) electrons. The van der Waals surface area contributed by atoms with Crippen LogP contribution in [0.5, 0.6) is 0 Å². The smallest absolute Gasteiger partial charge is 0.0808 e. The van der Waals surface area contributed by atoms with Crippen molar-refractivity contribution in [2.24, 2.45) is 0 Å². The molecule has 0 unspecified atom stereocenters. The third kappa shape index (κ3) is 3.47. The standard InChI is InChI=1S/C36H18N2S4/c1-3-7-21-17-37-27(11-19(21)5-1)33-13-23-9-25-31(15-29(23)39-33)41-36-26-10-24-14-34(40-30(24)16-32(26)42-35(25)36)28-12-20-6-2-4-8-22(20)18-38-28/h1-18H. The molecule has 196 valence electrons. The molecule has 0 fully saturated rings. The van der Waals surface area contributed by atoms with Gasteiger partial charge in [0.15, 0.2) is 0 Å². The van der Waals surface area contributed by atoms with Gasteiger partial charge in [0.25, 0.3) is 0 Å². The van der Waals surface area contributed by atoms with Crippen molar-refractivity contribution in [2.75, 3.05) is 0 Å². The molecule has 2 nitrogen and oxygen atoms in total. The molecule has 0 saturated heterocycles. The highest BCUT2D eigenvalue weighted by Gasteiger charge is 2.17. The Balaban J connectivity index is 1.09. The minimum Gasteiger partial charge on any atom is -0.255 e. The van der Waals surface area contributed by atoms with Crippen molar-refractivity contribution in [1.82, 2.24) is 9.97 Å². The van der Waals surface area contributed by atoms with Gasteiger partial charge in [-0.25, -0.2) is 0 Å². The first-order valence-electron chi connectivity index (χ1n) is 13.7. The zero-order chi connectivity index (χ0) is 27.4. The third-order valence-electron chi connectivity index (χ3n) is 8.12. The van der Waals surface area contributed by atoms with Gasteiger partial charge in [0.1, 0.15) is 0 Å². The van der Waals surface area contributed by atoms with Crippen LogP contribution in [0.1, 0.15) is 0 Å². The van der Waals surface area contributed by atoms with E-state index in [1.54, 1.807) is 0 Å². The molecular formula is C36H18N2S4.